The maximum absolute atomic E-state index is 10.6. The van der Waals surface area contributed by atoms with E-state index in [1.165, 1.54) is 0 Å². The molecule has 1 amide bonds. The van der Waals surface area contributed by atoms with Crippen LogP contribution in [0.15, 0.2) is 6.20 Å². The van der Waals surface area contributed by atoms with Gasteiger partial charge in [0.2, 0.25) is 6.41 Å². The van der Waals surface area contributed by atoms with Gasteiger partial charge >= 0.3 is 0 Å². The van der Waals surface area contributed by atoms with Gasteiger partial charge in [0.05, 0.1) is 6.20 Å². The van der Waals surface area contributed by atoms with Crippen LogP contribution in [0.2, 0.25) is 0 Å². The van der Waals surface area contributed by atoms with E-state index >= 15 is 0 Å². The molecule has 0 spiro atoms. The third kappa shape index (κ3) is 2.33. The molecule has 0 aromatic carbocycles. The molecule has 1 fully saturated rings. The molecule has 0 unspecified atom stereocenters. The molecule has 1 saturated heterocycles. The second-order valence-electron chi connectivity index (χ2n) is 3.89. The highest BCUT2D eigenvalue weighted by atomic mass is 16.1. The average Bonchev–Trinajstić information content (AvgIpc) is 2.39. The lowest BCUT2D eigenvalue weighted by molar-refractivity contribution is -0.118. The van der Waals surface area contributed by atoms with Crippen LogP contribution in [0.25, 0.3) is 0 Å². The normalized spacial score (nSPS) is 15.5. The number of piperazine rings is 1. The van der Waals surface area contributed by atoms with Crippen molar-refractivity contribution in [1.82, 2.24) is 14.9 Å². The maximum Gasteiger partial charge on any atom is 0.209 e. The van der Waals surface area contributed by atoms with Crippen LogP contribution in [0.1, 0.15) is 11.4 Å². The van der Waals surface area contributed by atoms with Crippen LogP contribution in [-0.2, 0) is 4.79 Å². The average molecular weight is 231 g/mol. The van der Waals surface area contributed by atoms with Crippen LogP contribution >= 0.6 is 0 Å². The summed E-state index contributed by atoms with van der Waals surface area (Å²) in [5.41, 5.74) is 0.482. The zero-order chi connectivity index (χ0) is 12.3. The van der Waals surface area contributed by atoms with E-state index in [0.717, 1.165) is 6.41 Å². The number of nitriles is 1. The number of amides is 1. The fraction of sp³-hybridized carbons (Fsp3) is 0.455. The Morgan fingerprint density at radius 1 is 1.41 bits per heavy atom. The molecule has 1 aromatic rings. The molecule has 2 heterocycles. The van der Waals surface area contributed by atoms with Crippen molar-refractivity contribution in [3.8, 4) is 6.07 Å². The van der Waals surface area contributed by atoms with Crippen molar-refractivity contribution in [3.63, 3.8) is 0 Å². The molecule has 0 aliphatic carbocycles. The number of aromatic nitrogens is 2. The Labute approximate surface area is 99.5 Å². The number of hydrogen-bond acceptors (Lipinski definition) is 5. The minimum atomic E-state index is 0.482. The molecular formula is C11H13N5O. The number of nitrogens with zero attached hydrogens (tertiary/aromatic N) is 5. The summed E-state index contributed by atoms with van der Waals surface area (Å²) in [5, 5.41) is 9.01. The van der Waals surface area contributed by atoms with Gasteiger partial charge in [-0.05, 0) is 6.92 Å². The first-order valence-electron chi connectivity index (χ1n) is 5.42. The SMILES string of the molecule is Cc1ncc(C#N)c(N2CCN(C=O)CC2)n1. The summed E-state index contributed by atoms with van der Waals surface area (Å²) in [6, 6.07) is 2.10. The zero-order valence-electron chi connectivity index (χ0n) is 9.63. The van der Waals surface area contributed by atoms with Crippen molar-refractivity contribution in [2.24, 2.45) is 0 Å². The summed E-state index contributed by atoms with van der Waals surface area (Å²) in [6.45, 7) is 4.52. The van der Waals surface area contributed by atoms with Crippen LogP contribution in [0.3, 0.4) is 0 Å². The fourth-order valence-electron chi connectivity index (χ4n) is 1.82. The van der Waals surface area contributed by atoms with E-state index in [1.54, 1.807) is 18.0 Å². The summed E-state index contributed by atoms with van der Waals surface area (Å²) in [4.78, 5) is 22.7. The van der Waals surface area contributed by atoms with Crippen molar-refractivity contribution in [3.05, 3.63) is 17.6 Å². The Morgan fingerprint density at radius 2 is 2.12 bits per heavy atom. The summed E-state index contributed by atoms with van der Waals surface area (Å²) in [7, 11) is 0. The predicted molar refractivity (Wildman–Crippen MR) is 61.3 cm³/mol. The topological polar surface area (TPSA) is 73.1 Å². The molecule has 6 heteroatoms. The first kappa shape index (κ1) is 11.3. The smallest absolute Gasteiger partial charge is 0.209 e. The molecule has 88 valence electrons. The largest absolute Gasteiger partial charge is 0.352 e. The number of carbonyl (C=O) groups excluding carboxylic acids is 1. The summed E-state index contributed by atoms with van der Waals surface area (Å²) in [6.07, 6.45) is 2.40. The molecule has 1 aliphatic rings. The highest BCUT2D eigenvalue weighted by molar-refractivity contribution is 5.54. The lowest BCUT2D eigenvalue weighted by Crippen LogP contribution is -2.46. The first-order valence-corrected chi connectivity index (χ1v) is 5.42. The van der Waals surface area contributed by atoms with E-state index in [2.05, 4.69) is 16.0 Å². The van der Waals surface area contributed by atoms with E-state index in [-0.39, 0.29) is 0 Å². The van der Waals surface area contributed by atoms with E-state index in [0.29, 0.717) is 43.4 Å². The molecule has 17 heavy (non-hydrogen) atoms. The van der Waals surface area contributed by atoms with Crippen LogP contribution in [0.5, 0.6) is 0 Å². The van der Waals surface area contributed by atoms with Crippen LogP contribution in [0, 0.1) is 18.3 Å². The predicted octanol–water partition coefficient (Wildman–Crippen LogP) is -0.0649. The minimum absolute atomic E-state index is 0.482. The molecule has 1 aliphatic heterocycles. The summed E-state index contributed by atoms with van der Waals surface area (Å²) < 4.78 is 0. The Bertz CT molecular complexity index is 459. The molecule has 0 atom stereocenters. The van der Waals surface area contributed by atoms with Gasteiger partial charge in [-0.25, -0.2) is 9.97 Å². The van der Waals surface area contributed by atoms with Crippen molar-refractivity contribution in [2.45, 2.75) is 6.92 Å². The van der Waals surface area contributed by atoms with E-state index < -0.39 is 0 Å². The Kier molecular flexibility index (Phi) is 3.19. The monoisotopic (exact) mass is 231 g/mol. The number of rotatable bonds is 2. The van der Waals surface area contributed by atoms with Gasteiger partial charge in [0, 0.05) is 26.2 Å². The second-order valence-corrected chi connectivity index (χ2v) is 3.89. The van der Waals surface area contributed by atoms with Crippen LogP contribution < -0.4 is 4.90 Å². The lowest BCUT2D eigenvalue weighted by atomic mass is 10.2. The fourth-order valence-corrected chi connectivity index (χ4v) is 1.82. The van der Waals surface area contributed by atoms with Gasteiger partial charge in [0.25, 0.3) is 0 Å². The van der Waals surface area contributed by atoms with E-state index in [9.17, 15) is 4.79 Å². The molecule has 0 bridgehead atoms. The highest BCUT2D eigenvalue weighted by Gasteiger charge is 2.19. The van der Waals surface area contributed by atoms with Gasteiger partial charge < -0.3 is 9.80 Å². The molecule has 0 radical (unpaired) electrons. The highest BCUT2D eigenvalue weighted by Crippen LogP contribution is 2.17. The lowest BCUT2D eigenvalue weighted by Gasteiger charge is -2.33. The zero-order valence-corrected chi connectivity index (χ0v) is 9.63. The number of anilines is 1. The molecule has 6 nitrogen and oxygen atoms in total. The quantitative estimate of drug-likeness (QED) is 0.666. The standard InChI is InChI=1S/C11H13N5O/c1-9-13-7-10(6-12)11(14-9)16-4-2-15(8-17)3-5-16/h7-8H,2-5H2,1H3. The molecule has 2 rings (SSSR count). The molecule has 0 N–H and O–H groups in total. The Morgan fingerprint density at radius 3 is 2.71 bits per heavy atom. The van der Waals surface area contributed by atoms with Crippen molar-refractivity contribution in [1.29, 1.82) is 5.26 Å². The number of hydrogen-bond donors (Lipinski definition) is 0. The Hall–Kier alpha value is -2.16. The van der Waals surface area contributed by atoms with Gasteiger partial charge in [-0.2, -0.15) is 5.26 Å². The maximum atomic E-state index is 10.6. The summed E-state index contributed by atoms with van der Waals surface area (Å²) in [5.74, 6) is 1.32. The first-order chi connectivity index (χ1) is 8.24. The van der Waals surface area contributed by atoms with Gasteiger partial charge in [0.15, 0.2) is 0 Å². The Balaban J connectivity index is 2.20. The van der Waals surface area contributed by atoms with Crippen molar-refractivity contribution in [2.75, 3.05) is 31.1 Å². The van der Waals surface area contributed by atoms with Gasteiger partial charge in [-0.1, -0.05) is 0 Å². The minimum Gasteiger partial charge on any atom is -0.352 e. The second kappa shape index (κ2) is 4.78. The van der Waals surface area contributed by atoms with Gasteiger partial charge in [-0.15, -0.1) is 0 Å². The van der Waals surface area contributed by atoms with E-state index in [4.69, 9.17) is 5.26 Å². The van der Waals surface area contributed by atoms with Crippen LogP contribution in [-0.4, -0.2) is 47.5 Å². The van der Waals surface area contributed by atoms with E-state index in [1.807, 2.05) is 4.90 Å². The molecule has 0 saturated carbocycles. The van der Waals surface area contributed by atoms with Crippen molar-refractivity contribution >= 4 is 12.2 Å². The van der Waals surface area contributed by atoms with Gasteiger partial charge in [0.1, 0.15) is 23.3 Å². The number of aryl methyl sites for hydroxylation is 1. The number of carbonyl (C=O) groups is 1. The summed E-state index contributed by atoms with van der Waals surface area (Å²) >= 11 is 0. The molecular weight excluding hydrogens is 218 g/mol. The van der Waals surface area contributed by atoms with Crippen molar-refractivity contribution < 1.29 is 4.79 Å². The molecule has 1 aromatic heterocycles. The third-order valence-electron chi connectivity index (χ3n) is 2.77. The van der Waals surface area contributed by atoms with Crippen LogP contribution in [0.4, 0.5) is 5.82 Å². The van der Waals surface area contributed by atoms with Gasteiger partial charge in [-0.3, -0.25) is 4.79 Å². The third-order valence-corrected chi connectivity index (χ3v) is 2.77.